The second-order valence-electron chi connectivity index (χ2n) is 4.19. The Hall–Kier alpha value is -1.35. The normalized spacial score (nSPS) is 16.2. The Labute approximate surface area is 92.1 Å². The number of nitrogens with zero attached hydrogens (tertiary/aromatic N) is 2. The molecule has 0 fully saturated rings. The first kappa shape index (κ1) is 8.92. The van der Waals surface area contributed by atoms with E-state index >= 15 is 0 Å². The van der Waals surface area contributed by atoms with Gasteiger partial charge in [0.25, 0.3) is 0 Å². The molecule has 1 aliphatic rings. The van der Waals surface area contributed by atoms with Crippen LogP contribution in [0.4, 0.5) is 0 Å². The van der Waals surface area contributed by atoms with Crippen molar-refractivity contribution in [2.45, 2.75) is 19.3 Å². The van der Waals surface area contributed by atoms with Gasteiger partial charge in [0.2, 0.25) is 5.28 Å². The summed E-state index contributed by atoms with van der Waals surface area (Å²) in [4.78, 5) is 8.28. The van der Waals surface area contributed by atoms with Crippen LogP contribution in [0.1, 0.15) is 25.1 Å². The van der Waals surface area contributed by atoms with Crippen LogP contribution >= 0.6 is 11.6 Å². The molecule has 76 valence electrons. The van der Waals surface area contributed by atoms with Crippen LogP contribution in [0.5, 0.6) is 0 Å². The summed E-state index contributed by atoms with van der Waals surface area (Å²) in [5.74, 6) is 0.867. The monoisotopic (exact) mass is 220 g/mol. The van der Waals surface area contributed by atoms with Gasteiger partial charge >= 0.3 is 0 Å². The van der Waals surface area contributed by atoms with Crippen molar-refractivity contribution in [1.29, 1.82) is 0 Å². The lowest BCUT2D eigenvalue weighted by Crippen LogP contribution is -2.16. The lowest BCUT2D eigenvalue weighted by atomic mass is 9.87. The van der Waals surface area contributed by atoms with E-state index in [0.717, 1.165) is 22.6 Å². The summed E-state index contributed by atoms with van der Waals surface area (Å²) >= 11 is 5.81. The molecule has 1 aliphatic carbocycles. The van der Waals surface area contributed by atoms with Gasteiger partial charge in [0.1, 0.15) is 5.76 Å². The van der Waals surface area contributed by atoms with E-state index in [9.17, 15) is 0 Å². The summed E-state index contributed by atoms with van der Waals surface area (Å²) in [6, 6.07) is 1.98. The molecule has 0 N–H and O–H groups in total. The van der Waals surface area contributed by atoms with Crippen LogP contribution in [0.25, 0.3) is 11.3 Å². The molecule has 0 bridgehead atoms. The summed E-state index contributed by atoms with van der Waals surface area (Å²) in [5.41, 5.74) is 2.89. The van der Waals surface area contributed by atoms with E-state index in [0.29, 0.717) is 0 Å². The second-order valence-corrected chi connectivity index (χ2v) is 4.53. The Morgan fingerprint density at radius 3 is 3.00 bits per heavy atom. The summed E-state index contributed by atoms with van der Waals surface area (Å²) in [6.07, 6.45) is 3.42. The van der Waals surface area contributed by atoms with Gasteiger partial charge in [0, 0.05) is 17.2 Å². The minimum absolute atomic E-state index is 0.149. The molecule has 2 aromatic rings. The quantitative estimate of drug-likeness (QED) is 0.641. The fraction of sp³-hybridized carbons (Fsp3) is 0.273. The van der Waals surface area contributed by atoms with Crippen LogP contribution in [0, 0.1) is 0 Å². The van der Waals surface area contributed by atoms with Gasteiger partial charge in [-0.2, -0.15) is 0 Å². The average Bonchev–Trinajstić information content (AvgIpc) is 2.72. The molecule has 3 rings (SSSR count). The highest BCUT2D eigenvalue weighted by molar-refractivity contribution is 6.28. The van der Waals surface area contributed by atoms with Crippen molar-refractivity contribution in [2.75, 3.05) is 0 Å². The fourth-order valence-electron chi connectivity index (χ4n) is 2.14. The summed E-state index contributed by atoms with van der Waals surface area (Å²) in [7, 11) is 0. The fourth-order valence-corrected chi connectivity index (χ4v) is 2.27. The zero-order valence-electron chi connectivity index (χ0n) is 8.41. The molecule has 0 saturated carbocycles. The molecule has 0 atom stereocenters. The van der Waals surface area contributed by atoms with Crippen molar-refractivity contribution in [2.24, 2.45) is 0 Å². The highest BCUT2D eigenvalue weighted by atomic mass is 35.5. The Balaban J connectivity index is 2.39. The first-order chi connectivity index (χ1) is 7.10. The molecule has 0 spiro atoms. The third kappa shape index (κ3) is 1.01. The Morgan fingerprint density at radius 1 is 1.40 bits per heavy atom. The maximum Gasteiger partial charge on any atom is 0.222 e. The van der Waals surface area contributed by atoms with E-state index < -0.39 is 0 Å². The number of rotatable bonds is 0. The predicted octanol–water partition coefficient (Wildman–Crippen LogP) is 3.03. The molecule has 4 heteroatoms. The molecule has 0 saturated heterocycles. The lowest BCUT2D eigenvalue weighted by molar-refractivity contribution is 0.579. The standard InChI is InChI=1S/C11H9ClN2O/c1-11(2)7-3-4-15-8(7)6-5-13-10(12)14-9(6)11/h3-5H,1-2H3. The molecular weight excluding hydrogens is 212 g/mol. The van der Waals surface area contributed by atoms with Crippen molar-refractivity contribution in [1.82, 2.24) is 9.97 Å². The SMILES string of the molecule is CC1(C)c2ccoc2-c2cnc(Cl)nc21. The Kier molecular flexibility index (Phi) is 1.55. The largest absolute Gasteiger partial charge is 0.464 e. The zero-order valence-corrected chi connectivity index (χ0v) is 9.17. The molecule has 0 unspecified atom stereocenters. The highest BCUT2D eigenvalue weighted by Gasteiger charge is 2.39. The maximum atomic E-state index is 5.81. The van der Waals surface area contributed by atoms with Gasteiger partial charge in [0.15, 0.2) is 0 Å². The molecular formula is C11H9ClN2O. The van der Waals surface area contributed by atoms with Crippen LogP contribution in [-0.4, -0.2) is 9.97 Å². The number of hydrogen-bond acceptors (Lipinski definition) is 3. The van der Waals surface area contributed by atoms with Gasteiger partial charge < -0.3 is 4.42 Å². The number of halogens is 1. The van der Waals surface area contributed by atoms with E-state index in [1.165, 1.54) is 0 Å². The first-order valence-electron chi connectivity index (χ1n) is 4.72. The molecule has 0 aliphatic heterocycles. The molecule has 2 aromatic heterocycles. The minimum Gasteiger partial charge on any atom is -0.464 e. The number of fused-ring (bicyclic) bond motifs is 3. The van der Waals surface area contributed by atoms with E-state index in [2.05, 4.69) is 23.8 Å². The first-order valence-corrected chi connectivity index (χ1v) is 5.10. The topological polar surface area (TPSA) is 38.9 Å². The van der Waals surface area contributed by atoms with Crippen molar-refractivity contribution < 1.29 is 4.42 Å². The van der Waals surface area contributed by atoms with Crippen LogP contribution in [0.3, 0.4) is 0 Å². The van der Waals surface area contributed by atoms with Gasteiger partial charge in [0.05, 0.1) is 17.5 Å². The van der Waals surface area contributed by atoms with Crippen LogP contribution < -0.4 is 0 Å². The van der Waals surface area contributed by atoms with E-state index in [1.54, 1.807) is 12.5 Å². The Bertz CT molecular complexity index is 545. The number of furan rings is 1. The van der Waals surface area contributed by atoms with E-state index in [-0.39, 0.29) is 10.7 Å². The van der Waals surface area contributed by atoms with Crippen LogP contribution in [-0.2, 0) is 5.41 Å². The average molecular weight is 221 g/mol. The van der Waals surface area contributed by atoms with Gasteiger partial charge in [-0.05, 0) is 31.5 Å². The van der Waals surface area contributed by atoms with Crippen molar-refractivity contribution in [3.05, 3.63) is 35.1 Å². The summed E-state index contributed by atoms with van der Waals surface area (Å²) in [6.45, 7) is 4.22. The van der Waals surface area contributed by atoms with E-state index in [1.807, 2.05) is 6.07 Å². The lowest BCUT2D eigenvalue weighted by Gasteiger charge is -2.17. The molecule has 2 heterocycles. The molecule has 0 amide bonds. The van der Waals surface area contributed by atoms with Gasteiger partial charge in [-0.15, -0.1) is 0 Å². The maximum absolute atomic E-state index is 5.81. The number of hydrogen-bond donors (Lipinski definition) is 0. The van der Waals surface area contributed by atoms with E-state index in [4.69, 9.17) is 16.0 Å². The molecule has 0 aromatic carbocycles. The summed E-state index contributed by atoms with van der Waals surface area (Å²) in [5, 5.41) is 0.284. The van der Waals surface area contributed by atoms with Crippen LogP contribution in [0.2, 0.25) is 5.28 Å². The Morgan fingerprint density at radius 2 is 2.20 bits per heavy atom. The number of aromatic nitrogens is 2. The third-order valence-electron chi connectivity index (χ3n) is 2.93. The summed E-state index contributed by atoms with van der Waals surface area (Å²) < 4.78 is 5.45. The molecule has 15 heavy (non-hydrogen) atoms. The predicted molar refractivity (Wildman–Crippen MR) is 56.9 cm³/mol. The van der Waals surface area contributed by atoms with Crippen molar-refractivity contribution in [3.8, 4) is 11.3 Å². The minimum atomic E-state index is -0.149. The zero-order chi connectivity index (χ0) is 10.6. The van der Waals surface area contributed by atoms with Crippen molar-refractivity contribution in [3.63, 3.8) is 0 Å². The van der Waals surface area contributed by atoms with Gasteiger partial charge in [-0.3, -0.25) is 0 Å². The van der Waals surface area contributed by atoms with Gasteiger partial charge in [-0.25, -0.2) is 9.97 Å². The smallest absolute Gasteiger partial charge is 0.222 e. The third-order valence-corrected chi connectivity index (χ3v) is 3.12. The van der Waals surface area contributed by atoms with Crippen molar-refractivity contribution >= 4 is 11.6 Å². The molecule has 0 radical (unpaired) electrons. The second kappa shape index (κ2) is 2.61. The van der Waals surface area contributed by atoms with Crippen LogP contribution in [0.15, 0.2) is 22.9 Å². The highest BCUT2D eigenvalue weighted by Crippen LogP contribution is 2.47. The molecule has 3 nitrogen and oxygen atoms in total. The van der Waals surface area contributed by atoms with Gasteiger partial charge in [-0.1, -0.05) is 0 Å².